The summed E-state index contributed by atoms with van der Waals surface area (Å²) in [7, 11) is 0. The van der Waals surface area contributed by atoms with Gasteiger partial charge in [0.2, 0.25) is 0 Å². The van der Waals surface area contributed by atoms with E-state index in [9.17, 15) is 13.2 Å². The van der Waals surface area contributed by atoms with Crippen LogP contribution in [0, 0.1) is 0 Å². The van der Waals surface area contributed by atoms with Gasteiger partial charge in [-0.1, -0.05) is 72.4 Å². The Morgan fingerprint density at radius 1 is 0.833 bits per heavy atom. The molecule has 0 bridgehead atoms. The number of pyridine rings is 1. The average molecular weight is 503 g/mol. The lowest BCUT2D eigenvalue weighted by molar-refractivity contribution is -0.137. The van der Waals surface area contributed by atoms with Gasteiger partial charge in [-0.2, -0.15) is 13.2 Å². The predicted octanol–water partition coefficient (Wildman–Crippen LogP) is 7.74. The first-order valence-electron chi connectivity index (χ1n) is 11.1. The van der Waals surface area contributed by atoms with Crippen molar-refractivity contribution in [1.29, 1.82) is 0 Å². The second-order valence-electron chi connectivity index (χ2n) is 8.17. The number of halogens is 3. The molecule has 0 aliphatic carbocycles. The van der Waals surface area contributed by atoms with Crippen molar-refractivity contribution in [2.45, 2.75) is 17.2 Å². The Labute approximate surface area is 207 Å². The Bertz CT molecular complexity index is 1680. The van der Waals surface area contributed by atoms with Crippen molar-refractivity contribution in [3.8, 4) is 22.8 Å². The van der Waals surface area contributed by atoms with E-state index in [0.29, 0.717) is 16.7 Å². The Hall–Kier alpha value is -4.11. The van der Waals surface area contributed by atoms with Crippen molar-refractivity contribution in [2.24, 2.45) is 0 Å². The van der Waals surface area contributed by atoms with Crippen LogP contribution in [0.1, 0.15) is 11.1 Å². The summed E-state index contributed by atoms with van der Waals surface area (Å²) in [6, 6.07) is 24.9. The second-order valence-corrected chi connectivity index (χ2v) is 9.10. The van der Waals surface area contributed by atoms with Gasteiger partial charge >= 0.3 is 6.18 Å². The van der Waals surface area contributed by atoms with Crippen LogP contribution in [0.5, 0.6) is 0 Å². The molecule has 36 heavy (non-hydrogen) atoms. The maximum absolute atomic E-state index is 12.8. The number of H-pyrrole nitrogens is 1. The smallest absolute Gasteiger partial charge is 0.410 e. The summed E-state index contributed by atoms with van der Waals surface area (Å²) in [6.07, 6.45) is -4.36. The Morgan fingerprint density at radius 3 is 2.36 bits per heavy atom. The van der Waals surface area contributed by atoms with Crippen LogP contribution < -0.4 is 0 Å². The molecule has 0 amide bonds. The van der Waals surface area contributed by atoms with Gasteiger partial charge in [-0.15, -0.1) is 10.2 Å². The third kappa shape index (κ3) is 4.22. The van der Waals surface area contributed by atoms with Crippen molar-refractivity contribution in [3.63, 3.8) is 0 Å². The average Bonchev–Trinajstić information content (AvgIpc) is 3.52. The van der Waals surface area contributed by atoms with Crippen molar-refractivity contribution in [1.82, 2.24) is 20.2 Å². The molecule has 178 valence electrons. The van der Waals surface area contributed by atoms with Gasteiger partial charge in [0, 0.05) is 27.6 Å². The van der Waals surface area contributed by atoms with Gasteiger partial charge in [0.1, 0.15) is 5.69 Å². The first-order chi connectivity index (χ1) is 17.5. The van der Waals surface area contributed by atoms with E-state index >= 15 is 0 Å². The van der Waals surface area contributed by atoms with Gasteiger partial charge in [-0.05, 0) is 29.8 Å². The molecular weight excluding hydrogens is 485 g/mol. The van der Waals surface area contributed by atoms with Crippen molar-refractivity contribution in [2.75, 3.05) is 0 Å². The molecule has 5 nitrogen and oxygen atoms in total. The minimum Gasteiger partial charge on any atom is -0.410 e. The molecule has 6 rings (SSSR count). The van der Waals surface area contributed by atoms with Gasteiger partial charge in [0.05, 0.1) is 16.8 Å². The van der Waals surface area contributed by atoms with Gasteiger partial charge in [0.15, 0.2) is 0 Å². The third-order valence-corrected chi connectivity index (χ3v) is 6.70. The van der Waals surface area contributed by atoms with Crippen molar-refractivity contribution >= 4 is 33.6 Å². The van der Waals surface area contributed by atoms with Crippen molar-refractivity contribution in [3.05, 3.63) is 96.1 Å². The normalized spacial score (nSPS) is 12.0. The number of aromatic nitrogens is 4. The first kappa shape index (κ1) is 22.4. The van der Waals surface area contributed by atoms with E-state index in [2.05, 4.69) is 15.2 Å². The van der Waals surface area contributed by atoms with E-state index in [0.717, 1.165) is 50.8 Å². The van der Waals surface area contributed by atoms with Crippen LogP contribution >= 0.6 is 11.8 Å². The summed E-state index contributed by atoms with van der Waals surface area (Å²) >= 11 is 1.26. The summed E-state index contributed by atoms with van der Waals surface area (Å²) in [6.45, 7) is 0. The summed E-state index contributed by atoms with van der Waals surface area (Å²) < 4.78 is 44.2. The minimum absolute atomic E-state index is 0.272. The van der Waals surface area contributed by atoms with Crippen LogP contribution in [0.25, 0.3) is 44.6 Å². The molecule has 3 aromatic heterocycles. The highest BCUT2D eigenvalue weighted by Crippen LogP contribution is 2.36. The molecule has 3 heterocycles. The Kier molecular flexibility index (Phi) is 5.49. The zero-order valence-corrected chi connectivity index (χ0v) is 19.4. The van der Waals surface area contributed by atoms with Crippen LogP contribution in [-0.2, 0) is 11.9 Å². The van der Waals surface area contributed by atoms with Crippen LogP contribution in [0.3, 0.4) is 0 Å². The quantitative estimate of drug-likeness (QED) is 0.244. The van der Waals surface area contributed by atoms with E-state index in [1.165, 1.54) is 23.9 Å². The molecule has 0 aliphatic heterocycles. The molecule has 6 aromatic rings. The molecule has 3 aromatic carbocycles. The Balaban J connectivity index is 1.33. The fraction of sp³-hybridized carbons (Fsp3) is 0.0741. The fourth-order valence-electron chi connectivity index (χ4n) is 4.07. The predicted molar refractivity (Wildman–Crippen MR) is 133 cm³/mol. The van der Waals surface area contributed by atoms with E-state index in [1.54, 1.807) is 0 Å². The molecule has 0 fully saturated rings. The van der Waals surface area contributed by atoms with Crippen LogP contribution in [0.4, 0.5) is 13.2 Å². The zero-order valence-electron chi connectivity index (χ0n) is 18.6. The van der Waals surface area contributed by atoms with Gasteiger partial charge < -0.3 is 9.40 Å². The lowest BCUT2D eigenvalue weighted by Crippen LogP contribution is -2.04. The Morgan fingerprint density at radius 2 is 1.58 bits per heavy atom. The number of fused-ring (bicyclic) bond motifs is 3. The number of para-hydroxylation sites is 1. The lowest BCUT2D eigenvalue weighted by Gasteiger charge is -2.06. The maximum atomic E-state index is 12.8. The highest BCUT2D eigenvalue weighted by atomic mass is 32.2. The number of hydrogen-bond acceptors (Lipinski definition) is 5. The topological polar surface area (TPSA) is 67.6 Å². The number of hydrogen-bond donors (Lipinski definition) is 1. The van der Waals surface area contributed by atoms with Gasteiger partial charge in [0.25, 0.3) is 11.1 Å². The van der Waals surface area contributed by atoms with Gasteiger partial charge in [-0.3, -0.25) is 0 Å². The highest BCUT2D eigenvalue weighted by molar-refractivity contribution is 7.98. The lowest BCUT2D eigenvalue weighted by atomic mass is 10.1. The van der Waals surface area contributed by atoms with E-state index in [4.69, 9.17) is 9.40 Å². The maximum Gasteiger partial charge on any atom is 0.416 e. The minimum atomic E-state index is -4.36. The van der Waals surface area contributed by atoms with Crippen LogP contribution in [0.2, 0.25) is 0 Å². The molecule has 1 N–H and O–H groups in total. The standard InChI is InChI=1S/C27H17F3N4OS/c28-27(29,30)18-12-10-16(11-13-18)15-36-26-34-33-25(35-26)22-14-20-19-8-4-5-9-21(19)31-24(20)23(32-22)17-6-2-1-3-7-17/h1-14,31H,15H2. The number of thioether (sulfide) groups is 1. The number of benzene rings is 3. The number of alkyl halides is 3. The van der Waals surface area contributed by atoms with E-state index in [1.807, 2.05) is 60.7 Å². The van der Waals surface area contributed by atoms with Crippen LogP contribution in [-0.4, -0.2) is 20.2 Å². The fourth-order valence-corrected chi connectivity index (χ4v) is 4.79. The summed E-state index contributed by atoms with van der Waals surface area (Å²) in [5.41, 5.74) is 4.23. The highest BCUT2D eigenvalue weighted by Gasteiger charge is 2.30. The molecule has 0 aliphatic rings. The second kappa shape index (κ2) is 8.83. The zero-order chi connectivity index (χ0) is 24.7. The number of nitrogens with zero attached hydrogens (tertiary/aromatic N) is 3. The molecule has 0 spiro atoms. The summed E-state index contributed by atoms with van der Waals surface area (Å²) in [5.74, 6) is 0.665. The largest absolute Gasteiger partial charge is 0.416 e. The van der Waals surface area contributed by atoms with Crippen molar-refractivity contribution < 1.29 is 17.6 Å². The van der Waals surface area contributed by atoms with Gasteiger partial charge in [-0.25, -0.2) is 4.98 Å². The number of nitrogens with one attached hydrogen (secondary N) is 1. The first-order valence-corrected chi connectivity index (χ1v) is 12.0. The molecule has 0 saturated heterocycles. The van der Waals surface area contributed by atoms with E-state index in [-0.39, 0.29) is 5.89 Å². The summed E-state index contributed by atoms with van der Waals surface area (Å²) in [5, 5.41) is 10.7. The molecule has 0 unspecified atom stereocenters. The SMILES string of the molecule is FC(F)(F)c1ccc(CSc2nnc(-c3cc4c([nH]c5ccccc54)c(-c4ccccc4)n3)o2)cc1. The monoisotopic (exact) mass is 502 g/mol. The molecule has 0 atom stereocenters. The summed E-state index contributed by atoms with van der Waals surface area (Å²) in [4.78, 5) is 8.33. The number of aromatic amines is 1. The molecule has 0 radical (unpaired) electrons. The third-order valence-electron chi connectivity index (χ3n) is 5.81. The molecule has 9 heteroatoms. The van der Waals surface area contributed by atoms with E-state index < -0.39 is 11.7 Å². The number of rotatable bonds is 5. The molecular formula is C27H17F3N4OS. The van der Waals surface area contributed by atoms with Crippen LogP contribution in [0.15, 0.2) is 94.6 Å². The molecule has 0 saturated carbocycles.